The number of hydrogen-bond acceptors (Lipinski definition) is 5. The van der Waals surface area contributed by atoms with Crippen molar-refractivity contribution in [2.75, 3.05) is 21.2 Å². The maximum Gasteiger partial charge on any atom is 0.265 e. The molecule has 0 bridgehead atoms. The minimum atomic E-state index is -0.474. The number of nitrogens with zero attached hydrogens (tertiary/aromatic N) is 2. The van der Waals surface area contributed by atoms with Gasteiger partial charge < -0.3 is 9.84 Å². The molecule has 0 saturated carbocycles. The van der Waals surface area contributed by atoms with Crippen molar-refractivity contribution in [3.8, 4) is 11.5 Å². The van der Waals surface area contributed by atoms with E-state index >= 15 is 0 Å². The molecule has 1 aliphatic heterocycles. The Morgan fingerprint density at radius 2 is 1.76 bits per heavy atom. The van der Waals surface area contributed by atoms with Crippen LogP contribution in [0.2, 0.25) is 0 Å². The van der Waals surface area contributed by atoms with Crippen molar-refractivity contribution in [3.63, 3.8) is 0 Å². The standard InChI is InChI=1S/C14H14N2O4S/c1-15-12(18)9(13(19)16(2)14(15)21)6-8-4-5-11(20-3)10(17)7-8/h4-7,17H,1-3H3. The van der Waals surface area contributed by atoms with Crippen LogP contribution in [0.3, 0.4) is 0 Å². The predicted octanol–water partition coefficient (Wildman–Crippen LogP) is 0.999. The number of carbonyl (C=O) groups is 2. The van der Waals surface area contributed by atoms with Gasteiger partial charge in [-0.2, -0.15) is 0 Å². The van der Waals surface area contributed by atoms with E-state index in [0.717, 1.165) is 0 Å². The highest BCUT2D eigenvalue weighted by Crippen LogP contribution is 2.28. The minimum absolute atomic E-state index is 0.0156. The Hall–Kier alpha value is -2.41. The summed E-state index contributed by atoms with van der Waals surface area (Å²) in [4.78, 5) is 26.7. The van der Waals surface area contributed by atoms with Gasteiger partial charge in [0, 0.05) is 14.1 Å². The summed E-state index contributed by atoms with van der Waals surface area (Å²) in [5.41, 5.74) is 0.498. The summed E-state index contributed by atoms with van der Waals surface area (Å²) in [6.07, 6.45) is 1.42. The van der Waals surface area contributed by atoms with Crippen LogP contribution in [-0.2, 0) is 9.59 Å². The molecule has 2 rings (SSSR count). The lowest BCUT2D eigenvalue weighted by molar-refractivity contribution is -0.132. The van der Waals surface area contributed by atoms with Gasteiger partial charge >= 0.3 is 0 Å². The van der Waals surface area contributed by atoms with E-state index in [1.165, 1.54) is 43.1 Å². The summed E-state index contributed by atoms with van der Waals surface area (Å²) in [5, 5.41) is 9.89. The first-order valence-corrected chi connectivity index (χ1v) is 6.46. The first-order chi connectivity index (χ1) is 9.86. The zero-order valence-electron chi connectivity index (χ0n) is 11.8. The average molecular weight is 306 g/mol. The second-order valence-corrected chi connectivity index (χ2v) is 4.87. The number of aromatic hydroxyl groups is 1. The molecule has 1 aromatic rings. The number of hydrogen-bond donors (Lipinski definition) is 1. The van der Waals surface area contributed by atoms with Crippen LogP contribution in [0.25, 0.3) is 6.08 Å². The van der Waals surface area contributed by atoms with Crippen LogP contribution in [-0.4, -0.2) is 53.0 Å². The van der Waals surface area contributed by atoms with E-state index < -0.39 is 11.8 Å². The van der Waals surface area contributed by atoms with Crippen LogP contribution < -0.4 is 4.74 Å². The summed E-state index contributed by atoms with van der Waals surface area (Å²) in [7, 11) is 4.45. The molecule has 0 aromatic heterocycles. The van der Waals surface area contributed by atoms with E-state index in [-0.39, 0.29) is 16.4 Å². The molecular weight excluding hydrogens is 292 g/mol. The predicted molar refractivity (Wildman–Crippen MR) is 80.8 cm³/mol. The number of likely N-dealkylation sites (N-methyl/N-ethyl adjacent to an activating group) is 2. The van der Waals surface area contributed by atoms with Crippen molar-refractivity contribution >= 4 is 35.2 Å². The second-order valence-electron chi connectivity index (χ2n) is 4.50. The Balaban J connectivity index is 2.44. The number of thiocarbonyl (C=S) groups is 1. The average Bonchev–Trinajstić information content (AvgIpc) is 2.48. The summed E-state index contributed by atoms with van der Waals surface area (Å²) < 4.78 is 4.94. The number of ether oxygens (including phenoxy) is 1. The van der Waals surface area contributed by atoms with Gasteiger partial charge in [0.05, 0.1) is 7.11 Å². The van der Waals surface area contributed by atoms with E-state index in [9.17, 15) is 14.7 Å². The second kappa shape index (κ2) is 5.53. The molecule has 0 spiro atoms. The fraction of sp³-hybridized carbons (Fsp3) is 0.214. The Kier molecular flexibility index (Phi) is 3.95. The summed E-state index contributed by atoms with van der Waals surface area (Å²) in [6, 6.07) is 4.61. The van der Waals surface area contributed by atoms with E-state index in [1.54, 1.807) is 12.1 Å². The van der Waals surface area contributed by atoms with Crippen molar-refractivity contribution < 1.29 is 19.4 Å². The molecule has 2 amide bonds. The van der Waals surface area contributed by atoms with Crippen LogP contribution in [0.4, 0.5) is 0 Å². The number of rotatable bonds is 2. The number of methoxy groups -OCH3 is 1. The fourth-order valence-corrected chi connectivity index (χ4v) is 2.10. The van der Waals surface area contributed by atoms with Gasteiger partial charge in [0.25, 0.3) is 11.8 Å². The highest BCUT2D eigenvalue weighted by atomic mass is 32.1. The third-order valence-electron chi connectivity index (χ3n) is 3.16. The molecule has 21 heavy (non-hydrogen) atoms. The number of carbonyl (C=O) groups excluding carboxylic acids is 2. The van der Waals surface area contributed by atoms with Gasteiger partial charge in [-0.15, -0.1) is 0 Å². The summed E-state index contributed by atoms with van der Waals surface area (Å²) in [6.45, 7) is 0. The molecular formula is C14H14N2O4S. The SMILES string of the molecule is COc1ccc(C=C2C(=O)N(C)C(=S)N(C)C2=O)cc1O. The largest absolute Gasteiger partial charge is 0.504 e. The summed E-state index contributed by atoms with van der Waals surface area (Å²) >= 11 is 5.00. The highest BCUT2D eigenvalue weighted by Gasteiger charge is 2.35. The highest BCUT2D eigenvalue weighted by molar-refractivity contribution is 7.80. The van der Waals surface area contributed by atoms with Crippen molar-refractivity contribution in [1.29, 1.82) is 0 Å². The lowest BCUT2D eigenvalue weighted by atomic mass is 10.1. The van der Waals surface area contributed by atoms with Crippen LogP contribution in [0, 0.1) is 0 Å². The van der Waals surface area contributed by atoms with Crippen molar-refractivity contribution in [3.05, 3.63) is 29.3 Å². The van der Waals surface area contributed by atoms with Gasteiger partial charge in [0.15, 0.2) is 16.6 Å². The molecule has 0 atom stereocenters. The molecule has 0 radical (unpaired) electrons. The van der Waals surface area contributed by atoms with Gasteiger partial charge in [-0.05, 0) is 36.0 Å². The van der Waals surface area contributed by atoms with E-state index in [0.29, 0.717) is 11.3 Å². The Bertz CT molecular complexity index is 643. The summed E-state index contributed by atoms with van der Waals surface area (Å²) in [5.74, 6) is -0.703. The minimum Gasteiger partial charge on any atom is -0.504 e. The molecule has 7 heteroatoms. The molecule has 1 heterocycles. The van der Waals surface area contributed by atoms with Crippen LogP contribution in [0.1, 0.15) is 5.56 Å². The van der Waals surface area contributed by atoms with Crippen molar-refractivity contribution in [2.24, 2.45) is 0 Å². The Labute approximate surface area is 127 Å². The first kappa shape index (κ1) is 15.0. The van der Waals surface area contributed by atoms with Gasteiger partial charge in [-0.3, -0.25) is 19.4 Å². The number of phenols is 1. The third kappa shape index (κ3) is 2.59. The molecule has 1 aromatic carbocycles. The monoisotopic (exact) mass is 306 g/mol. The number of amides is 2. The molecule has 1 fully saturated rings. The fourth-order valence-electron chi connectivity index (χ4n) is 1.94. The van der Waals surface area contributed by atoms with E-state index in [2.05, 4.69) is 0 Å². The quantitative estimate of drug-likeness (QED) is 0.501. The zero-order chi connectivity index (χ0) is 15.7. The van der Waals surface area contributed by atoms with Crippen molar-refractivity contribution in [1.82, 2.24) is 9.80 Å². The van der Waals surface area contributed by atoms with Crippen LogP contribution in [0.5, 0.6) is 11.5 Å². The van der Waals surface area contributed by atoms with Crippen molar-refractivity contribution in [2.45, 2.75) is 0 Å². The maximum absolute atomic E-state index is 12.1. The number of benzene rings is 1. The number of phenolic OH excluding ortho intramolecular Hbond substituents is 1. The lowest BCUT2D eigenvalue weighted by Crippen LogP contribution is -2.52. The smallest absolute Gasteiger partial charge is 0.265 e. The van der Waals surface area contributed by atoms with Crippen LogP contribution >= 0.6 is 12.2 Å². The molecule has 0 unspecified atom stereocenters. The van der Waals surface area contributed by atoms with Crippen LogP contribution in [0.15, 0.2) is 23.8 Å². The van der Waals surface area contributed by atoms with Gasteiger partial charge in [0.2, 0.25) is 0 Å². The molecule has 6 nitrogen and oxygen atoms in total. The van der Waals surface area contributed by atoms with Gasteiger partial charge in [-0.25, -0.2) is 0 Å². The molecule has 1 saturated heterocycles. The third-order valence-corrected chi connectivity index (χ3v) is 3.71. The lowest BCUT2D eigenvalue weighted by Gasteiger charge is -2.31. The normalized spacial score (nSPS) is 15.6. The molecule has 1 aliphatic rings. The Morgan fingerprint density at radius 1 is 1.19 bits per heavy atom. The van der Waals surface area contributed by atoms with E-state index in [4.69, 9.17) is 17.0 Å². The van der Waals surface area contributed by atoms with Gasteiger partial charge in [0.1, 0.15) is 5.57 Å². The topological polar surface area (TPSA) is 70.1 Å². The zero-order valence-corrected chi connectivity index (χ0v) is 12.6. The first-order valence-electron chi connectivity index (χ1n) is 6.05. The molecule has 1 N–H and O–H groups in total. The maximum atomic E-state index is 12.1. The Morgan fingerprint density at radius 3 is 2.24 bits per heavy atom. The van der Waals surface area contributed by atoms with Gasteiger partial charge in [-0.1, -0.05) is 6.07 Å². The molecule has 0 aliphatic carbocycles. The molecule has 110 valence electrons. The van der Waals surface area contributed by atoms with E-state index in [1.807, 2.05) is 0 Å².